The van der Waals surface area contributed by atoms with Crippen molar-refractivity contribution in [2.75, 3.05) is 0 Å². The van der Waals surface area contributed by atoms with Gasteiger partial charge in [0.2, 0.25) is 0 Å². The van der Waals surface area contributed by atoms with E-state index in [1.54, 1.807) is 0 Å². The first-order valence-corrected chi connectivity index (χ1v) is 18.0. The minimum absolute atomic E-state index is 0.0327. The Balaban J connectivity index is 1.30. The number of carbonyl (C=O) groups is 1. The quantitative estimate of drug-likeness (QED) is 0.316. The van der Waals surface area contributed by atoms with Gasteiger partial charge in [-0.15, -0.1) is 0 Å². The van der Waals surface area contributed by atoms with E-state index in [0.717, 1.165) is 64.2 Å². The first-order valence-electron chi connectivity index (χ1n) is 18.0. The van der Waals surface area contributed by atoms with Crippen molar-refractivity contribution in [3.63, 3.8) is 0 Å². The number of hydrogen-bond acceptors (Lipinski definition) is 4. The third-order valence-corrected chi connectivity index (χ3v) is 16.3. The Labute approximate surface area is 265 Å². The van der Waals surface area contributed by atoms with Crippen molar-refractivity contribution in [1.29, 1.82) is 0 Å². The van der Waals surface area contributed by atoms with E-state index in [-0.39, 0.29) is 45.0 Å². The lowest BCUT2D eigenvalue weighted by Gasteiger charge is -2.75. The topological polar surface area (TPSA) is 87.0 Å². The standard InChI is InChI=1S/C39H58O5/c1-7-11-28-38-15-14-27-35(4,31(38)26(40)23-39(28,43)44-30(38)22-25-12-9-8-10-13-25)19-21-37(6)29-24-34(3,32(41)42)17-16-33(29,2)18-20-36(27,37)5/h8-10,12-13,26-31,40,43H,7,11,14-24H2,1-6H3,(H,41,42). The zero-order valence-electron chi connectivity index (χ0n) is 28.2. The Morgan fingerprint density at radius 3 is 2.23 bits per heavy atom. The van der Waals surface area contributed by atoms with Crippen molar-refractivity contribution in [2.45, 2.75) is 143 Å². The smallest absolute Gasteiger partial charge is 0.309 e. The molecule has 2 bridgehead atoms. The lowest BCUT2D eigenvalue weighted by Crippen LogP contribution is -2.71. The summed E-state index contributed by atoms with van der Waals surface area (Å²) in [6, 6.07) is 10.6. The van der Waals surface area contributed by atoms with Gasteiger partial charge in [0.25, 0.3) is 0 Å². The molecular weight excluding hydrogens is 548 g/mol. The Hall–Kier alpha value is -1.43. The number of carboxylic acid groups (broad SMARTS) is 1. The van der Waals surface area contributed by atoms with Gasteiger partial charge in [0.15, 0.2) is 5.79 Å². The maximum atomic E-state index is 12.6. The van der Waals surface area contributed by atoms with Gasteiger partial charge in [-0.3, -0.25) is 4.79 Å². The van der Waals surface area contributed by atoms with E-state index in [1.165, 1.54) is 18.4 Å². The average Bonchev–Trinajstić information content (AvgIpc) is 3.11. The molecule has 6 aliphatic rings. The third kappa shape index (κ3) is 3.84. The van der Waals surface area contributed by atoms with Gasteiger partial charge in [0, 0.05) is 17.8 Å². The molecule has 0 radical (unpaired) electrons. The summed E-state index contributed by atoms with van der Waals surface area (Å²) in [7, 11) is 0. The molecule has 5 saturated carbocycles. The van der Waals surface area contributed by atoms with Gasteiger partial charge in [-0.25, -0.2) is 0 Å². The normalized spacial score (nSPS) is 54.5. The molecule has 5 heteroatoms. The van der Waals surface area contributed by atoms with E-state index in [1.807, 2.05) is 6.92 Å². The van der Waals surface area contributed by atoms with Gasteiger partial charge in [0.1, 0.15) is 0 Å². The highest BCUT2D eigenvalue weighted by atomic mass is 16.6. The molecule has 0 aromatic heterocycles. The molecular formula is C39H58O5. The number of ether oxygens (including phenoxy) is 1. The van der Waals surface area contributed by atoms with Crippen LogP contribution in [0.25, 0.3) is 0 Å². The van der Waals surface area contributed by atoms with Crippen LogP contribution in [0, 0.1) is 56.2 Å². The van der Waals surface area contributed by atoms with Crippen molar-refractivity contribution in [2.24, 2.45) is 56.2 Å². The van der Waals surface area contributed by atoms with Crippen molar-refractivity contribution in [3.8, 4) is 0 Å². The fourth-order valence-corrected chi connectivity index (χ4v) is 14.0. The molecule has 1 spiro atoms. The van der Waals surface area contributed by atoms with Crippen LogP contribution in [0.15, 0.2) is 30.3 Å². The highest BCUT2D eigenvalue weighted by Crippen LogP contribution is 2.80. The fraction of sp³-hybridized carbons (Fsp3) is 0.821. The van der Waals surface area contributed by atoms with Crippen LogP contribution in [0.3, 0.4) is 0 Å². The number of aliphatic hydroxyl groups is 2. The summed E-state index contributed by atoms with van der Waals surface area (Å²) >= 11 is 0. The molecule has 13 unspecified atom stereocenters. The summed E-state index contributed by atoms with van der Waals surface area (Å²) in [6.07, 6.45) is 11.4. The zero-order chi connectivity index (χ0) is 31.6. The van der Waals surface area contributed by atoms with Crippen LogP contribution in [0.4, 0.5) is 0 Å². The molecule has 44 heavy (non-hydrogen) atoms. The highest BCUT2D eigenvalue weighted by Gasteiger charge is 2.78. The molecule has 1 saturated heterocycles. The highest BCUT2D eigenvalue weighted by molar-refractivity contribution is 5.74. The molecule has 7 rings (SSSR count). The van der Waals surface area contributed by atoms with E-state index < -0.39 is 23.3 Å². The molecule has 1 aliphatic heterocycles. The largest absolute Gasteiger partial charge is 0.481 e. The second-order valence-corrected chi connectivity index (χ2v) is 18.1. The summed E-state index contributed by atoms with van der Waals surface area (Å²) in [5.74, 6) is -0.942. The number of benzene rings is 1. The molecule has 1 aromatic carbocycles. The molecule has 0 amide bonds. The number of aliphatic hydroxyl groups excluding tert-OH is 1. The monoisotopic (exact) mass is 606 g/mol. The first-order chi connectivity index (χ1) is 20.6. The molecule has 5 nitrogen and oxygen atoms in total. The van der Waals surface area contributed by atoms with E-state index in [9.17, 15) is 20.1 Å². The van der Waals surface area contributed by atoms with E-state index in [0.29, 0.717) is 18.3 Å². The van der Waals surface area contributed by atoms with Gasteiger partial charge >= 0.3 is 5.97 Å². The zero-order valence-corrected chi connectivity index (χ0v) is 28.2. The summed E-state index contributed by atoms with van der Waals surface area (Å²) < 4.78 is 6.82. The molecule has 1 heterocycles. The first kappa shape index (κ1) is 31.2. The summed E-state index contributed by atoms with van der Waals surface area (Å²) in [5.41, 5.74) is 0.595. The number of carboxylic acids is 1. The lowest BCUT2D eigenvalue weighted by atomic mass is 9.29. The van der Waals surface area contributed by atoms with Gasteiger partial charge in [-0.05, 0) is 123 Å². The minimum Gasteiger partial charge on any atom is -0.481 e. The van der Waals surface area contributed by atoms with Crippen LogP contribution < -0.4 is 0 Å². The van der Waals surface area contributed by atoms with E-state index in [4.69, 9.17) is 4.74 Å². The minimum atomic E-state index is -1.27. The van der Waals surface area contributed by atoms with Crippen LogP contribution in [-0.4, -0.2) is 39.3 Å². The van der Waals surface area contributed by atoms with Crippen LogP contribution in [0.1, 0.15) is 124 Å². The van der Waals surface area contributed by atoms with Crippen LogP contribution >= 0.6 is 0 Å². The fourth-order valence-electron chi connectivity index (χ4n) is 14.0. The van der Waals surface area contributed by atoms with Crippen LogP contribution in [-0.2, 0) is 16.0 Å². The molecule has 5 aliphatic carbocycles. The number of hydrogen-bond donors (Lipinski definition) is 3. The Kier molecular flexibility index (Phi) is 6.94. The van der Waals surface area contributed by atoms with Crippen molar-refractivity contribution >= 4 is 5.97 Å². The second kappa shape index (κ2) is 9.80. The Bertz CT molecular complexity index is 1300. The predicted octanol–water partition coefficient (Wildman–Crippen LogP) is 8.01. The van der Waals surface area contributed by atoms with Gasteiger partial charge in [-0.1, -0.05) is 71.4 Å². The average molecular weight is 607 g/mol. The second-order valence-electron chi connectivity index (χ2n) is 18.1. The summed E-state index contributed by atoms with van der Waals surface area (Å²) in [5, 5.41) is 34.7. The summed E-state index contributed by atoms with van der Waals surface area (Å²) in [4.78, 5) is 12.6. The maximum Gasteiger partial charge on any atom is 0.309 e. The molecule has 13 atom stereocenters. The van der Waals surface area contributed by atoms with Gasteiger partial charge in [-0.2, -0.15) is 0 Å². The molecule has 244 valence electrons. The number of aliphatic carboxylic acids is 1. The van der Waals surface area contributed by atoms with Crippen molar-refractivity contribution < 1.29 is 24.9 Å². The third-order valence-electron chi connectivity index (χ3n) is 16.3. The lowest BCUT2D eigenvalue weighted by molar-refractivity contribution is -0.288. The number of rotatable bonds is 5. The van der Waals surface area contributed by atoms with E-state index in [2.05, 4.69) is 65.0 Å². The van der Waals surface area contributed by atoms with Crippen molar-refractivity contribution in [1.82, 2.24) is 0 Å². The molecule has 1 aromatic rings. The summed E-state index contributed by atoms with van der Waals surface area (Å²) in [6.45, 7) is 14.3. The van der Waals surface area contributed by atoms with Crippen LogP contribution in [0.5, 0.6) is 0 Å². The van der Waals surface area contributed by atoms with Crippen molar-refractivity contribution in [3.05, 3.63) is 35.9 Å². The molecule has 3 N–H and O–H groups in total. The van der Waals surface area contributed by atoms with E-state index >= 15 is 0 Å². The SMILES string of the molecule is CCCC1C2(O)CC(O)C3C4(C)CCC5(C)C6CC(C)(C(=O)O)CCC6(C)CCC5(C)C4CCC13C(Cc1ccccc1)O2. The van der Waals surface area contributed by atoms with Gasteiger partial charge in [0.05, 0.1) is 17.6 Å². The Morgan fingerprint density at radius 2 is 1.55 bits per heavy atom. The van der Waals surface area contributed by atoms with Gasteiger partial charge < -0.3 is 20.1 Å². The molecule has 6 fully saturated rings. The Morgan fingerprint density at radius 1 is 0.886 bits per heavy atom. The number of fused-ring (bicyclic) bond motifs is 7. The predicted molar refractivity (Wildman–Crippen MR) is 172 cm³/mol. The maximum absolute atomic E-state index is 12.6. The van der Waals surface area contributed by atoms with Crippen LogP contribution in [0.2, 0.25) is 0 Å².